The molecule has 0 amide bonds. The molecule has 176 valence electrons. The molecule has 35 heavy (non-hydrogen) atoms. The third kappa shape index (κ3) is 4.22. The predicted octanol–water partition coefficient (Wildman–Crippen LogP) is 5.04. The Kier molecular flexibility index (Phi) is 5.70. The van der Waals surface area contributed by atoms with Crippen LogP contribution in [0.2, 0.25) is 5.15 Å². The minimum atomic E-state index is -0.703. The molecule has 5 rings (SSSR count). The number of anilines is 1. The minimum Gasteiger partial charge on any atom is -0.455 e. The van der Waals surface area contributed by atoms with Crippen molar-refractivity contribution in [2.75, 3.05) is 5.32 Å². The zero-order valence-electron chi connectivity index (χ0n) is 19.0. The number of aromatic nitrogens is 4. The van der Waals surface area contributed by atoms with Crippen molar-refractivity contribution in [1.82, 2.24) is 20.1 Å². The van der Waals surface area contributed by atoms with E-state index in [9.17, 15) is 9.59 Å². The molecule has 5 aromatic rings. The number of aromatic amines is 1. The highest BCUT2D eigenvalue weighted by molar-refractivity contribution is 6.29. The molecule has 0 saturated carbocycles. The number of hydrogen-bond donors (Lipinski definition) is 2. The number of hydrogen-bond acceptors (Lipinski definition) is 8. The van der Waals surface area contributed by atoms with Gasteiger partial charge in [-0.15, -0.1) is 0 Å². The van der Waals surface area contributed by atoms with Gasteiger partial charge in [-0.2, -0.15) is 0 Å². The Morgan fingerprint density at radius 2 is 1.97 bits per heavy atom. The van der Waals surface area contributed by atoms with Gasteiger partial charge in [0.05, 0.1) is 17.1 Å². The molecule has 0 radical (unpaired) electrons. The number of rotatable bonds is 5. The zero-order valence-corrected chi connectivity index (χ0v) is 19.8. The maximum absolute atomic E-state index is 13.3. The van der Waals surface area contributed by atoms with Crippen LogP contribution in [-0.4, -0.2) is 20.1 Å². The molecule has 0 aliphatic rings. The van der Waals surface area contributed by atoms with Crippen LogP contribution in [0.15, 0.2) is 67.3 Å². The van der Waals surface area contributed by atoms with E-state index >= 15 is 0 Å². The molecule has 0 saturated heterocycles. The summed E-state index contributed by atoms with van der Waals surface area (Å²) in [6, 6.07) is 10.5. The van der Waals surface area contributed by atoms with Crippen LogP contribution in [0.5, 0.6) is 0 Å². The van der Waals surface area contributed by atoms with E-state index in [0.717, 1.165) is 16.7 Å². The SMILES string of the molecule is Cc1cc([C@@H](C)Nc2ccc(Cl)nc2-c2noc(=O)[nH]2)c2oc(-c3cccnc3)c(C)c(=O)c2c1. The zero-order chi connectivity index (χ0) is 24.7. The Labute approximate surface area is 203 Å². The van der Waals surface area contributed by atoms with E-state index < -0.39 is 5.76 Å². The van der Waals surface area contributed by atoms with E-state index in [1.807, 2.05) is 32.0 Å². The lowest BCUT2D eigenvalue weighted by atomic mass is 9.99. The van der Waals surface area contributed by atoms with Crippen molar-refractivity contribution in [3.05, 3.63) is 91.4 Å². The van der Waals surface area contributed by atoms with Crippen molar-refractivity contribution in [1.29, 1.82) is 0 Å². The molecular formula is C25H20ClN5O4. The van der Waals surface area contributed by atoms with Gasteiger partial charge in [0.1, 0.15) is 22.2 Å². The Bertz CT molecular complexity index is 1670. The van der Waals surface area contributed by atoms with Crippen LogP contribution in [0.3, 0.4) is 0 Å². The monoisotopic (exact) mass is 489 g/mol. The molecule has 0 fully saturated rings. The second-order valence-corrected chi connectivity index (χ2v) is 8.58. The molecule has 1 aromatic carbocycles. The van der Waals surface area contributed by atoms with E-state index in [4.69, 9.17) is 16.0 Å². The summed E-state index contributed by atoms with van der Waals surface area (Å²) in [4.78, 5) is 35.7. The number of halogens is 1. The standard InChI is InChI=1S/C25H20ClN5O4/c1-12-9-16(14(3)28-18-6-7-19(26)29-20(18)24-30-25(33)35-31-24)23-17(10-12)21(32)13(2)22(34-23)15-5-4-8-27-11-15/h4-11,14,28H,1-3H3,(H,30,31,33)/t14-/m1/s1. The number of fused-ring (bicyclic) bond motifs is 1. The first-order valence-corrected chi connectivity index (χ1v) is 11.2. The summed E-state index contributed by atoms with van der Waals surface area (Å²) in [7, 11) is 0. The average Bonchev–Trinajstić information content (AvgIpc) is 3.29. The van der Waals surface area contributed by atoms with Gasteiger partial charge in [0, 0.05) is 29.1 Å². The maximum Gasteiger partial charge on any atom is 0.439 e. The van der Waals surface area contributed by atoms with E-state index in [0.29, 0.717) is 33.7 Å². The maximum atomic E-state index is 13.3. The number of nitrogens with zero attached hydrogens (tertiary/aromatic N) is 3. The van der Waals surface area contributed by atoms with Crippen molar-refractivity contribution in [2.45, 2.75) is 26.8 Å². The molecule has 1 atom stereocenters. The van der Waals surface area contributed by atoms with Crippen molar-refractivity contribution in [3.63, 3.8) is 0 Å². The van der Waals surface area contributed by atoms with Crippen molar-refractivity contribution < 1.29 is 8.94 Å². The summed E-state index contributed by atoms with van der Waals surface area (Å²) in [5, 5.41) is 7.83. The van der Waals surface area contributed by atoms with E-state index in [2.05, 4.69) is 29.9 Å². The molecule has 0 unspecified atom stereocenters. The Morgan fingerprint density at radius 3 is 2.69 bits per heavy atom. The summed E-state index contributed by atoms with van der Waals surface area (Å²) >= 11 is 6.09. The van der Waals surface area contributed by atoms with Crippen LogP contribution in [0.1, 0.15) is 29.7 Å². The van der Waals surface area contributed by atoms with Gasteiger partial charge in [-0.1, -0.05) is 22.8 Å². The summed E-state index contributed by atoms with van der Waals surface area (Å²) in [6.45, 7) is 5.61. The highest BCUT2D eigenvalue weighted by atomic mass is 35.5. The largest absolute Gasteiger partial charge is 0.455 e. The summed E-state index contributed by atoms with van der Waals surface area (Å²) in [6.07, 6.45) is 3.33. The van der Waals surface area contributed by atoms with Crippen molar-refractivity contribution in [2.24, 2.45) is 0 Å². The first-order valence-electron chi connectivity index (χ1n) is 10.8. The number of H-pyrrole nitrogens is 1. The highest BCUT2D eigenvalue weighted by Gasteiger charge is 2.21. The lowest BCUT2D eigenvalue weighted by Crippen LogP contribution is -2.13. The van der Waals surface area contributed by atoms with Crippen LogP contribution >= 0.6 is 11.6 Å². The van der Waals surface area contributed by atoms with Crippen LogP contribution in [0, 0.1) is 13.8 Å². The van der Waals surface area contributed by atoms with Crippen LogP contribution in [0.4, 0.5) is 5.69 Å². The summed E-state index contributed by atoms with van der Waals surface area (Å²) < 4.78 is 11.0. The smallest absolute Gasteiger partial charge is 0.439 e. The third-order valence-electron chi connectivity index (χ3n) is 5.68. The first kappa shape index (κ1) is 22.5. The number of pyridine rings is 2. The number of benzene rings is 1. The second-order valence-electron chi connectivity index (χ2n) is 8.20. The molecule has 0 aliphatic carbocycles. The van der Waals surface area contributed by atoms with Crippen LogP contribution < -0.4 is 16.5 Å². The summed E-state index contributed by atoms with van der Waals surface area (Å²) in [5.74, 6) is -0.0882. The van der Waals surface area contributed by atoms with Gasteiger partial charge in [0.2, 0.25) is 5.82 Å². The van der Waals surface area contributed by atoms with Crippen molar-refractivity contribution >= 4 is 28.3 Å². The lowest BCUT2D eigenvalue weighted by Gasteiger charge is -2.20. The van der Waals surface area contributed by atoms with Crippen LogP contribution in [0.25, 0.3) is 33.8 Å². The normalized spacial score (nSPS) is 12.1. The van der Waals surface area contributed by atoms with Gasteiger partial charge in [-0.05, 0) is 56.7 Å². The van der Waals surface area contributed by atoms with Gasteiger partial charge in [0.25, 0.3) is 0 Å². The Morgan fingerprint density at radius 1 is 1.14 bits per heavy atom. The van der Waals surface area contributed by atoms with Gasteiger partial charge < -0.3 is 9.73 Å². The molecule has 4 aromatic heterocycles. The van der Waals surface area contributed by atoms with Crippen LogP contribution in [-0.2, 0) is 0 Å². The molecule has 0 spiro atoms. The quantitative estimate of drug-likeness (QED) is 0.329. The lowest BCUT2D eigenvalue weighted by molar-refractivity contribution is 0.388. The van der Waals surface area contributed by atoms with Gasteiger partial charge >= 0.3 is 5.76 Å². The van der Waals surface area contributed by atoms with E-state index in [1.54, 1.807) is 37.5 Å². The fourth-order valence-electron chi connectivity index (χ4n) is 4.04. The Balaban J connectivity index is 1.65. The molecule has 4 heterocycles. The Hall–Kier alpha value is -4.24. The van der Waals surface area contributed by atoms with Crippen molar-refractivity contribution in [3.8, 4) is 22.8 Å². The molecule has 9 nitrogen and oxygen atoms in total. The van der Waals surface area contributed by atoms with E-state index in [-0.39, 0.29) is 22.4 Å². The van der Waals surface area contributed by atoms with E-state index in [1.165, 1.54) is 0 Å². The third-order valence-corrected chi connectivity index (χ3v) is 5.89. The average molecular weight is 490 g/mol. The minimum absolute atomic E-state index is 0.101. The number of aryl methyl sites for hydroxylation is 1. The first-order chi connectivity index (χ1) is 16.8. The predicted molar refractivity (Wildman–Crippen MR) is 133 cm³/mol. The molecule has 0 aliphatic heterocycles. The molecular weight excluding hydrogens is 470 g/mol. The fraction of sp³-hybridized carbons (Fsp3) is 0.160. The summed E-state index contributed by atoms with van der Waals surface area (Å²) in [5.41, 5.74) is 4.18. The second kappa shape index (κ2) is 8.84. The highest BCUT2D eigenvalue weighted by Crippen LogP contribution is 2.33. The van der Waals surface area contributed by atoms with Gasteiger partial charge in [0.15, 0.2) is 5.43 Å². The number of nitrogens with one attached hydrogen (secondary N) is 2. The molecule has 2 N–H and O–H groups in total. The molecule has 10 heteroatoms. The topological polar surface area (TPSA) is 127 Å². The van der Waals surface area contributed by atoms with Gasteiger partial charge in [-0.25, -0.2) is 9.78 Å². The van der Waals surface area contributed by atoms with Gasteiger partial charge in [-0.3, -0.25) is 19.3 Å². The molecule has 0 bridgehead atoms. The fourth-order valence-corrected chi connectivity index (χ4v) is 4.18.